The molecule has 0 radical (unpaired) electrons. The van der Waals surface area contributed by atoms with E-state index in [-0.39, 0.29) is 16.9 Å². The Kier molecular flexibility index (Phi) is 7.39. The molecule has 0 spiro atoms. The van der Waals surface area contributed by atoms with Crippen LogP contribution in [0.15, 0.2) is 42.5 Å². The summed E-state index contributed by atoms with van der Waals surface area (Å²) in [6.45, 7) is 3.38. The molecule has 0 bridgehead atoms. The van der Waals surface area contributed by atoms with Crippen LogP contribution in [0.3, 0.4) is 0 Å². The quantitative estimate of drug-likeness (QED) is 0.275. The summed E-state index contributed by atoms with van der Waals surface area (Å²) in [6.07, 6.45) is 1.62. The molecule has 4 rings (SSSR count). The number of primary amides is 1. The molecule has 3 aromatic carbocycles. The third kappa shape index (κ3) is 5.76. The van der Waals surface area contributed by atoms with Crippen LogP contribution in [0.4, 0.5) is 34.6 Å². The van der Waals surface area contributed by atoms with Crippen molar-refractivity contribution >= 4 is 33.2 Å². The van der Waals surface area contributed by atoms with Crippen LogP contribution in [-0.4, -0.2) is 19.9 Å². The number of amides is 1. The van der Waals surface area contributed by atoms with Crippen LogP contribution < -0.4 is 20.5 Å². The van der Waals surface area contributed by atoms with Gasteiger partial charge in [0.05, 0.1) is 22.6 Å². The summed E-state index contributed by atoms with van der Waals surface area (Å²) in [5.41, 5.74) is 3.03. The fourth-order valence-electron chi connectivity index (χ4n) is 4.28. The van der Waals surface area contributed by atoms with Gasteiger partial charge in [-0.2, -0.15) is 13.1 Å². The van der Waals surface area contributed by atoms with Crippen LogP contribution >= 0.6 is 0 Å². The highest BCUT2D eigenvalue weighted by Gasteiger charge is 2.36. The van der Waals surface area contributed by atoms with Crippen LogP contribution in [0.2, 0.25) is 0 Å². The molecule has 1 fully saturated rings. The molecule has 1 amide bonds. The van der Waals surface area contributed by atoms with Crippen molar-refractivity contribution in [2.45, 2.75) is 45.1 Å². The first-order valence-corrected chi connectivity index (χ1v) is 13.2. The highest BCUT2D eigenvalue weighted by Crippen LogP contribution is 2.33. The van der Waals surface area contributed by atoms with Crippen molar-refractivity contribution in [3.63, 3.8) is 0 Å². The summed E-state index contributed by atoms with van der Waals surface area (Å²) in [4.78, 5) is 12.1. The average Bonchev–Trinajstić information content (AvgIpc) is 2.81. The zero-order valence-electron chi connectivity index (χ0n) is 20.6. The zero-order valence-corrected chi connectivity index (χ0v) is 21.4. The van der Waals surface area contributed by atoms with Gasteiger partial charge in [-0.1, -0.05) is 18.2 Å². The van der Waals surface area contributed by atoms with E-state index in [9.17, 15) is 17.6 Å². The van der Waals surface area contributed by atoms with E-state index in [1.54, 1.807) is 13.8 Å². The van der Waals surface area contributed by atoms with Gasteiger partial charge in [-0.3, -0.25) is 9.52 Å². The molecular weight excluding hydrogens is 524 g/mol. The number of hydrogen-bond donors (Lipinski definition) is 4. The molecule has 0 saturated heterocycles. The number of nitrogens with one attached hydrogen (secondary N) is 3. The highest BCUT2D eigenvalue weighted by molar-refractivity contribution is 7.90. The molecule has 38 heavy (non-hydrogen) atoms. The normalized spacial score (nSPS) is 14.6. The molecule has 0 aromatic heterocycles. The van der Waals surface area contributed by atoms with Gasteiger partial charge < -0.3 is 11.1 Å². The van der Waals surface area contributed by atoms with Gasteiger partial charge in [0.1, 0.15) is 5.82 Å². The lowest BCUT2D eigenvalue weighted by Crippen LogP contribution is -2.52. The molecular formula is C26H26F4N4O3S. The Morgan fingerprint density at radius 2 is 1.68 bits per heavy atom. The van der Waals surface area contributed by atoms with E-state index in [0.717, 1.165) is 12.5 Å². The third-order valence-corrected chi connectivity index (χ3v) is 7.72. The van der Waals surface area contributed by atoms with Gasteiger partial charge in [0.15, 0.2) is 17.5 Å². The Morgan fingerprint density at radius 1 is 0.974 bits per heavy atom. The lowest BCUT2D eigenvalue weighted by molar-refractivity contribution is 0.100. The van der Waals surface area contributed by atoms with Gasteiger partial charge in [0, 0.05) is 12.0 Å². The van der Waals surface area contributed by atoms with E-state index in [2.05, 4.69) is 14.8 Å². The predicted octanol–water partition coefficient (Wildman–Crippen LogP) is 5.17. The molecule has 3 aromatic rings. The van der Waals surface area contributed by atoms with E-state index in [1.165, 1.54) is 36.4 Å². The van der Waals surface area contributed by atoms with Crippen molar-refractivity contribution in [3.8, 4) is 0 Å². The van der Waals surface area contributed by atoms with Gasteiger partial charge in [-0.25, -0.2) is 17.6 Å². The van der Waals surface area contributed by atoms with E-state index < -0.39 is 68.2 Å². The minimum Gasteiger partial charge on any atom is -0.366 e. The molecule has 12 heteroatoms. The molecule has 0 unspecified atom stereocenters. The molecule has 202 valence electrons. The Balaban J connectivity index is 1.65. The highest BCUT2D eigenvalue weighted by atomic mass is 32.2. The Bertz CT molecular complexity index is 1530. The van der Waals surface area contributed by atoms with Crippen LogP contribution in [0.25, 0.3) is 0 Å². The second-order valence-corrected chi connectivity index (χ2v) is 11.1. The first-order valence-electron chi connectivity index (χ1n) is 11.7. The van der Waals surface area contributed by atoms with Gasteiger partial charge in [0.25, 0.3) is 16.1 Å². The van der Waals surface area contributed by atoms with E-state index in [1.807, 2.05) is 0 Å². The van der Waals surface area contributed by atoms with Gasteiger partial charge in [-0.05, 0) is 74.1 Å². The third-order valence-electron chi connectivity index (χ3n) is 6.47. The van der Waals surface area contributed by atoms with E-state index in [0.29, 0.717) is 18.4 Å². The van der Waals surface area contributed by atoms with Crippen molar-refractivity contribution in [2.24, 2.45) is 5.73 Å². The number of carbonyl (C=O) groups excluding carboxylic acids is 1. The summed E-state index contributed by atoms with van der Waals surface area (Å²) >= 11 is 0. The van der Waals surface area contributed by atoms with Crippen molar-refractivity contribution in [2.75, 3.05) is 10.0 Å². The van der Waals surface area contributed by atoms with Crippen LogP contribution in [0, 0.1) is 30.2 Å². The number of anilines is 3. The lowest BCUT2D eigenvalue weighted by atomic mass is 9.80. The van der Waals surface area contributed by atoms with Crippen molar-refractivity contribution < 1.29 is 30.8 Å². The first-order chi connectivity index (χ1) is 17.8. The number of nitrogens with two attached hydrogens (primary N) is 1. The van der Waals surface area contributed by atoms with Crippen LogP contribution in [0.1, 0.15) is 53.2 Å². The van der Waals surface area contributed by atoms with Gasteiger partial charge in [0.2, 0.25) is 0 Å². The van der Waals surface area contributed by atoms with Gasteiger partial charge >= 0.3 is 0 Å². The van der Waals surface area contributed by atoms with Crippen LogP contribution in [0.5, 0.6) is 0 Å². The summed E-state index contributed by atoms with van der Waals surface area (Å²) in [7, 11) is -4.11. The topological polar surface area (TPSA) is 113 Å². The fourth-order valence-corrected chi connectivity index (χ4v) is 5.64. The van der Waals surface area contributed by atoms with Crippen LogP contribution in [-0.2, 0) is 16.6 Å². The Morgan fingerprint density at radius 3 is 2.29 bits per heavy atom. The molecule has 1 saturated carbocycles. The number of rotatable bonds is 9. The maximum absolute atomic E-state index is 15.2. The molecule has 1 aliphatic carbocycles. The lowest BCUT2D eigenvalue weighted by Gasteiger charge is -2.38. The SMILES string of the molecule is Cc1ccc(Nc2c(C(N)=O)cc(Cc3cccc(NS(=O)(=O)NC4(C)CCC4)c3F)c(F)c2F)c(F)c1. The molecule has 5 N–H and O–H groups in total. The molecule has 0 aliphatic heterocycles. The zero-order chi connectivity index (χ0) is 27.8. The van der Waals surface area contributed by atoms with E-state index in [4.69, 9.17) is 5.73 Å². The smallest absolute Gasteiger partial charge is 0.299 e. The Labute approximate surface area is 217 Å². The largest absolute Gasteiger partial charge is 0.366 e. The number of hydrogen-bond acceptors (Lipinski definition) is 4. The minimum atomic E-state index is -4.11. The summed E-state index contributed by atoms with van der Waals surface area (Å²) in [5, 5.41) is 2.38. The maximum Gasteiger partial charge on any atom is 0.299 e. The van der Waals surface area contributed by atoms with Crippen molar-refractivity contribution in [1.29, 1.82) is 0 Å². The Hall–Kier alpha value is -3.64. The van der Waals surface area contributed by atoms with Crippen molar-refractivity contribution in [1.82, 2.24) is 4.72 Å². The number of halogens is 4. The first kappa shape index (κ1) is 27.4. The number of aryl methyl sites for hydroxylation is 1. The molecule has 0 heterocycles. The second-order valence-electron chi connectivity index (χ2n) is 9.64. The molecule has 7 nitrogen and oxygen atoms in total. The summed E-state index contributed by atoms with van der Waals surface area (Å²) < 4.78 is 89.3. The number of carbonyl (C=O) groups is 1. The second kappa shape index (κ2) is 10.3. The minimum absolute atomic E-state index is 0.168. The van der Waals surface area contributed by atoms with Crippen molar-refractivity contribution in [3.05, 3.63) is 88.0 Å². The fraction of sp³-hybridized carbons (Fsp3) is 0.269. The maximum atomic E-state index is 15.2. The predicted molar refractivity (Wildman–Crippen MR) is 136 cm³/mol. The summed E-state index contributed by atoms with van der Waals surface area (Å²) in [6, 6.07) is 8.75. The van der Waals surface area contributed by atoms with Gasteiger partial charge in [-0.15, -0.1) is 0 Å². The van der Waals surface area contributed by atoms with E-state index >= 15 is 13.2 Å². The average molecular weight is 551 g/mol. The number of benzene rings is 3. The molecule has 1 aliphatic rings. The monoisotopic (exact) mass is 550 g/mol. The molecule has 0 atom stereocenters. The summed E-state index contributed by atoms with van der Waals surface area (Å²) in [5.74, 6) is -5.80. The standard InChI is InChI=1S/C26H26F4N4O3S/c1-14-7-8-19(18(27)11-14)32-24-17(25(31)35)13-16(22(29)23(24)30)12-15-5-3-6-20(21(15)28)33-38(36,37)34-26(2)9-4-10-26/h3,5-8,11,13,32-34H,4,9-10,12H2,1-2H3,(H2,31,35).